The molecule has 9 heterocycles. The average molecular weight is 1880 g/mol. The predicted molar refractivity (Wildman–Crippen MR) is 610 cm³/mol. The fraction of sp³-hybridized carbons (Fsp3) is 0.00741. The molecular formula is C135H83N9OS. The number of benzene rings is 22. The van der Waals surface area contributed by atoms with E-state index in [0.717, 1.165) is 125 Å². The fourth-order valence-corrected chi connectivity index (χ4v) is 24.9. The summed E-state index contributed by atoms with van der Waals surface area (Å²) < 4.78 is 24.5. The van der Waals surface area contributed by atoms with Gasteiger partial charge >= 0.3 is 0 Å². The maximum atomic E-state index is 12.6. The lowest BCUT2D eigenvalue weighted by Crippen LogP contribution is -2.16. The zero-order chi connectivity index (χ0) is 96.5. The molecule has 0 saturated heterocycles. The Bertz CT molecular complexity index is 10500. The van der Waals surface area contributed by atoms with Crippen LogP contribution in [0.1, 0.15) is 16.7 Å². The molecule has 0 N–H and O–H groups in total. The van der Waals surface area contributed by atoms with E-state index in [1.54, 1.807) is 11.3 Å². The van der Waals surface area contributed by atoms with Gasteiger partial charge in [0.2, 0.25) is 0 Å². The summed E-state index contributed by atoms with van der Waals surface area (Å²) in [5.41, 5.74) is 32.1. The number of aryl methyl sites for hydroxylation is 1. The van der Waals surface area contributed by atoms with Crippen LogP contribution < -0.4 is 0 Å². The van der Waals surface area contributed by atoms with Gasteiger partial charge in [-0.25, -0.2) is 0 Å². The topological polar surface area (TPSA) is 95.2 Å². The van der Waals surface area contributed by atoms with Crippen LogP contribution in [0.3, 0.4) is 0 Å². The highest BCUT2D eigenvalue weighted by atomic mass is 32.1. The Morgan fingerprint density at radius 2 is 0.445 bits per heavy atom. The number of nitriles is 2. The van der Waals surface area contributed by atoms with Crippen molar-refractivity contribution in [2.24, 2.45) is 0 Å². The number of furan rings is 1. The van der Waals surface area contributed by atoms with Crippen LogP contribution in [0.4, 0.5) is 0 Å². The van der Waals surface area contributed by atoms with Crippen LogP contribution in [0.15, 0.2) is 490 Å². The number of hydrogen-bond acceptors (Lipinski definition) is 4. The van der Waals surface area contributed by atoms with E-state index in [1.165, 1.54) is 126 Å². The van der Waals surface area contributed by atoms with Gasteiger partial charge < -0.3 is 36.4 Å². The van der Waals surface area contributed by atoms with Gasteiger partial charge in [0.15, 0.2) is 0 Å². The van der Waals surface area contributed by atoms with Crippen LogP contribution in [-0.2, 0) is 0 Å². The largest absolute Gasteiger partial charge is 0.456 e. The maximum absolute atomic E-state index is 12.6. The lowest BCUT2D eigenvalue weighted by molar-refractivity contribution is 0.669. The first-order valence-electron chi connectivity index (χ1n) is 49.5. The summed E-state index contributed by atoms with van der Waals surface area (Å²) >= 11 is 1.78. The van der Waals surface area contributed by atoms with Gasteiger partial charge in [0, 0.05) is 119 Å². The monoisotopic (exact) mass is 1880 g/mol. The fourth-order valence-electron chi connectivity index (χ4n) is 23.7. The van der Waals surface area contributed by atoms with E-state index in [4.69, 9.17) is 4.42 Å². The van der Waals surface area contributed by atoms with Crippen molar-refractivity contribution in [1.29, 1.82) is 10.5 Å². The smallest absolute Gasteiger partial charge is 0.135 e. The molecule has 0 bridgehead atoms. The van der Waals surface area contributed by atoms with E-state index in [0.29, 0.717) is 33.9 Å². The summed E-state index contributed by atoms with van der Waals surface area (Å²) in [6.07, 6.45) is 0. The third-order valence-electron chi connectivity index (χ3n) is 30.1. The second-order valence-electron chi connectivity index (χ2n) is 37.9. The number of fused-ring (bicyclic) bond motifs is 28. The van der Waals surface area contributed by atoms with Crippen LogP contribution in [0.25, 0.3) is 268 Å². The molecule has 22 aromatic carbocycles. The van der Waals surface area contributed by atoms with Crippen molar-refractivity contribution in [3.8, 4) is 85.3 Å². The molecule has 680 valence electrons. The molecule has 11 heteroatoms. The van der Waals surface area contributed by atoms with Crippen LogP contribution in [0.2, 0.25) is 0 Å². The molecule has 0 aliphatic rings. The normalized spacial score (nSPS) is 11.9. The van der Waals surface area contributed by atoms with Crippen molar-refractivity contribution in [1.82, 2.24) is 32.0 Å². The number of rotatable bonds is 10. The number of para-hydroxylation sites is 13. The van der Waals surface area contributed by atoms with Crippen molar-refractivity contribution in [2.75, 3.05) is 0 Å². The van der Waals surface area contributed by atoms with Crippen LogP contribution >= 0.6 is 11.3 Å². The average Bonchev–Trinajstić information content (AvgIpc) is 1.50. The molecule has 0 aliphatic carbocycles. The number of aromatic nitrogens is 7. The maximum Gasteiger partial charge on any atom is 0.135 e. The molecule has 146 heavy (non-hydrogen) atoms. The lowest BCUT2D eigenvalue weighted by atomic mass is 9.98. The first kappa shape index (κ1) is 83.4. The van der Waals surface area contributed by atoms with Gasteiger partial charge in [-0.15, -0.1) is 11.3 Å². The highest BCUT2D eigenvalue weighted by Crippen LogP contribution is 2.53. The Labute approximate surface area is 841 Å². The second-order valence-corrected chi connectivity index (χ2v) is 39.0. The summed E-state index contributed by atoms with van der Waals surface area (Å²) in [5, 5.41) is 46.1. The Kier molecular flexibility index (Phi) is 19.0. The van der Waals surface area contributed by atoms with Crippen molar-refractivity contribution >= 4 is 206 Å². The minimum Gasteiger partial charge on any atom is -0.456 e. The molecule has 0 aliphatic heterocycles. The molecule has 31 aromatic rings. The third kappa shape index (κ3) is 12.8. The van der Waals surface area contributed by atoms with Gasteiger partial charge in [-0.2, -0.15) is 10.5 Å². The molecule has 31 rings (SSSR count). The minimum absolute atomic E-state index is 0.439. The summed E-state index contributed by atoms with van der Waals surface area (Å²) in [6.45, 7) is 2.14. The zero-order valence-corrected chi connectivity index (χ0v) is 79.8. The molecule has 0 unspecified atom stereocenters. The Hall–Kier alpha value is -19.6. The molecule has 0 fully saturated rings. The van der Waals surface area contributed by atoms with Gasteiger partial charge in [-0.05, 0) is 186 Å². The molecule has 0 spiro atoms. The van der Waals surface area contributed by atoms with E-state index >= 15 is 0 Å². The van der Waals surface area contributed by atoms with Crippen molar-refractivity contribution in [3.05, 3.63) is 502 Å². The van der Waals surface area contributed by atoms with Crippen LogP contribution in [-0.4, -0.2) is 32.0 Å². The van der Waals surface area contributed by atoms with E-state index in [2.05, 4.69) is 524 Å². The summed E-state index contributed by atoms with van der Waals surface area (Å²) in [6, 6.07) is 178. The van der Waals surface area contributed by atoms with Crippen molar-refractivity contribution < 1.29 is 4.42 Å². The molecule has 0 atom stereocenters. The van der Waals surface area contributed by atoms with E-state index < -0.39 is 0 Å². The Balaban J connectivity index is 0.000000112. The Morgan fingerprint density at radius 3 is 0.781 bits per heavy atom. The highest BCUT2D eigenvalue weighted by Gasteiger charge is 2.36. The van der Waals surface area contributed by atoms with E-state index in [9.17, 15) is 10.5 Å². The molecule has 10 nitrogen and oxygen atoms in total. The number of thiophene rings is 1. The molecule has 0 amide bonds. The van der Waals surface area contributed by atoms with Gasteiger partial charge in [-0.3, -0.25) is 0 Å². The summed E-state index contributed by atoms with van der Waals surface area (Å²) in [7, 11) is 0. The Morgan fingerprint density at radius 1 is 0.192 bits per heavy atom. The quantitative estimate of drug-likeness (QED) is 0.136. The summed E-state index contributed by atoms with van der Waals surface area (Å²) in [5.74, 6) is 0. The standard InChI is InChI=1S/C63H36N6S.C36H24N2.C36H23NO/c1-37-30-33-56-47(34-37)45-31-32-46-44-22-8-15-29-57(44)70-63(46)62(45)69(56)61-49(36-65)59(67-52-25-11-4-18-40(52)41-19-5-12-26-53(41)67)58(66-50-23-9-2-16-38(50)39-17-3-10-24-51(39)66)48(35-64)60(61)68-54-27-13-6-20-42(54)43-21-7-14-28-55(43)68;1-5-13-33-29(9-1)30-10-2-6-14-34(30)37(33)27-21-17-25(18-22-27)26-19-23-28(24-20-26)38-35-15-7-3-11-31(35)32-12-4-8-16-36(32)38;1-4-10-33-29(7-1)30-8-2-5-11-34(30)37(33)28-20-17-25(18-21-28)24-13-15-26(16-14-24)27-19-22-36-32(23-27)31-9-3-6-12-35(31)38-36/h2-34H,1H3;1-24H;1-23H. The zero-order valence-electron chi connectivity index (χ0n) is 79.0. The van der Waals surface area contributed by atoms with Crippen molar-refractivity contribution in [2.45, 2.75) is 6.92 Å². The number of nitrogens with zero attached hydrogens (tertiary/aromatic N) is 9. The van der Waals surface area contributed by atoms with Gasteiger partial charge in [0.1, 0.15) is 34.4 Å². The molecule has 0 saturated carbocycles. The first-order valence-corrected chi connectivity index (χ1v) is 50.3. The van der Waals surface area contributed by atoms with Gasteiger partial charge in [0.05, 0.1) is 105 Å². The molecular weight excluding hydrogens is 1800 g/mol. The molecule has 9 aromatic heterocycles. The lowest BCUT2D eigenvalue weighted by Gasteiger charge is -2.27. The van der Waals surface area contributed by atoms with Gasteiger partial charge in [-0.1, -0.05) is 345 Å². The minimum atomic E-state index is 0.439. The van der Waals surface area contributed by atoms with Crippen molar-refractivity contribution in [3.63, 3.8) is 0 Å². The second kappa shape index (κ2) is 33.3. The van der Waals surface area contributed by atoms with E-state index in [1.807, 2.05) is 12.1 Å². The van der Waals surface area contributed by atoms with E-state index in [-0.39, 0.29) is 0 Å². The predicted octanol–water partition coefficient (Wildman–Crippen LogP) is 36.1. The van der Waals surface area contributed by atoms with Crippen LogP contribution in [0, 0.1) is 29.6 Å². The van der Waals surface area contributed by atoms with Crippen LogP contribution in [0.5, 0.6) is 0 Å². The number of hydrogen-bond donors (Lipinski definition) is 0. The highest BCUT2D eigenvalue weighted by molar-refractivity contribution is 7.26. The SMILES string of the molecule is Cc1ccc2c(c1)c1ccc3c4ccccc4sc3c1n2-c1c(C#N)c(-n2c3ccccc3c3ccccc32)c(-n2c3ccccc3c3ccccc32)c(C#N)c1-n1c2ccccc2c2ccccc21.c1ccc2c(c1)c1ccccc1n2-c1ccc(-c2ccc(-n3c4ccccc4c4ccccc43)cc2)cc1.c1ccc2c(c1)oc1ccc(-c3ccc(-c4ccc(-n5c6ccccc6c6ccccc65)cc4)cc3)cc12. The third-order valence-corrected chi connectivity index (χ3v) is 31.3. The summed E-state index contributed by atoms with van der Waals surface area (Å²) in [4.78, 5) is 0. The first-order chi connectivity index (χ1) is 72.3. The molecule has 0 radical (unpaired) electrons. The van der Waals surface area contributed by atoms with Gasteiger partial charge in [0.25, 0.3) is 0 Å².